The molecule has 1 aromatic rings. The van der Waals surface area contributed by atoms with Crippen molar-refractivity contribution in [3.63, 3.8) is 0 Å². The van der Waals surface area contributed by atoms with Crippen molar-refractivity contribution in [3.8, 4) is 11.5 Å². The fourth-order valence-corrected chi connectivity index (χ4v) is 7.47. The molecule has 9 nitrogen and oxygen atoms in total. The number of amides is 2. The lowest BCUT2D eigenvalue weighted by Gasteiger charge is -2.43. The molecular weight excluding hydrogens is 594 g/mol. The summed E-state index contributed by atoms with van der Waals surface area (Å²) in [6.45, 7) is 0.231. The summed E-state index contributed by atoms with van der Waals surface area (Å²) in [6.07, 6.45) is 7.40. The van der Waals surface area contributed by atoms with Gasteiger partial charge in [-0.05, 0) is 71.3 Å². The van der Waals surface area contributed by atoms with Crippen molar-refractivity contribution in [1.82, 2.24) is 4.90 Å². The van der Waals surface area contributed by atoms with Crippen LogP contribution in [0.15, 0.2) is 63.4 Å². The standard InChI is InChI=1S/C31H28BrNO8/c32-22-13-23(35)28-21(29(22)38)12-20-18(26(28)16-10-15-11-17(34)5-8-24(15)41-14-16)6-7-19-27(20)31(40)33(30(19)39)9-3-1-2-4-25(36)37/h5-6,8,11,13-14,19-20,26-27,34H,1-4,7,9-10,12H2,(H,36,37)/t19-,20+,26-,27-/m0/s1. The Morgan fingerprint density at radius 1 is 1.07 bits per heavy atom. The number of nitrogens with zero attached hydrogens (tertiary/aromatic N) is 1. The number of likely N-dealkylation sites (tertiary alicyclic amines) is 1. The minimum atomic E-state index is -0.875. The number of carbonyl (C=O) groups is 5. The number of carboxylic acids is 1. The Hall–Kier alpha value is -3.79. The minimum Gasteiger partial charge on any atom is -0.508 e. The first-order valence-electron chi connectivity index (χ1n) is 13.8. The highest BCUT2D eigenvalue weighted by atomic mass is 79.9. The van der Waals surface area contributed by atoms with Crippen LogP contribution in [0.5, 0.6) is 11.5 Å². The first-order valence-corrected chi connectivity index (χ1v) is 14.6. The van der Waals surface area contributed by atoms with Gasteiger partial charge in [0.2, 0.25) is 11.8 Å². The second-order valence-corrected chi connectivity index (χ2v) is 12.1. The van der Waals surface area contributed by atoms with E-state index in [0.29, 0.717) is 49.0 Å². The molecule has 0 unspecified atom stereocenters. The van der Waals surface area contributed by atoms with Crippen molar-refractivity contribution in [3.05, 3.63) is 69.0 Å². The van der Waals surface area contributed by atoms with Crippen molar-refractivity contribution < 1.29 is 38.9 Å². The largest absolute Gasteiger partial charge is 0.508 e. The number of Topliss-reactive ketones (excluding diaryl/α,β-unsaturated/α-hetero) is 1. The highest BCUT2D eigenvalue weighted by Crippen LogP contribution is 2.55. The summed E-state index contributed by atoms with van der Waals surface area (Å²) in [5.74, 6) is -3.50. The molecule has 4 atom stereocenters. The maximum atomic E-state index is 13.8. The first-order chi connectivity index (χ1) is 19.7. The molecule has 2 amide bonds. The number of imide groups is 1. The molecule has 0 bridgehead atoms. The number of hydrogen-bond donors (Lipinski definition) is 2. The van der Waals surface area contributed by atoms with Gasteiger partial charge >= 0.3 is 5.97 Å². The average molecular weight is 622 g/mol. The van der Waals surface area contributed by atoms with Crippen molar-refractivity contribution >= 4 is 45.3 Å². The van der Waals surface area contributed by atoms with Crippen LogP contribution in [0.2, 0.25) is 0 Å². The number of carbonyl (C=O) groups excluding carboxylic acids is 4. The number of aliphatic carboxylic acids is 1. The van der Waals surface area contributed by atoms with Gasteiger partial charge in [-0.25, -0.2) is 0 Å². The minimum absolute atomic E-state index is 0.0434. The van der Waals surface area contributed by atoms with Crippen LogP contribution in [0.1, 0.15) is 44.1 Å². The number of fused-ring (bicyclic) bond motifs is 4. The Morgan fingerprint density at radius 3 is 2.66 bits per heavy atom. The summed E-state index contributed by atoms with van der Waals surface area (Å²) in [4.78, 5) is 66.0. The van der Waals surface area contributed by atoms with Crippen LogP contribution in [0.25, 0.3) is 0 Å². The number of ether oxygens (including phenoxy) is 1. The number of hydrogen-bond acceptors (Lipinski definition) is 7. The summed E-state index contributed by atoms with van der Waals surface area (Å²) < 4.78 is 6.07. The molecule has 3 aliphatic carbocycles. The fraction of sp³-hybridized carbons (Fsp3) is 0.387. The second kappa shape index (κ2) is 10.6. The van der Waals surface area contributed by atoms with E-state index in [1.54, 1.807) is 18.4 Å². The topological polar surface area (TPSA) is 138 Å². The molecule has 41 heavy (non-hydrogen) atoms. The first kappa shape index (κ1) is 27.4. The van der Waals surface area contributed by atoms with Crippen LogP contribution in [0, 0.1) is 23.7 Å². The number of phenolic OH excluding ortho intramolecular Hbond substituents is 1. The van der Waals surface area contributed by atoms with Crippen LogP contribution < -0.4 is 4.74 Å². The maximum absolute atomic E-state index is 13.8. The van der Waals surface area contributed by atoms with Crippen LogP contribution in [-0.4, -0.2) is 51.0 Å². The van der Waals surface area contributed by atoms with E-state index < -0.39 is 29.6 Å². The fourth-order valence-electron chi connectivity index (χ4n) is 7.02. The van der Waals surface area contributed by atoms with Crippen molar-refractivity contribution in [2.24, 2.45) is 23.7 Å². The van der Waals surface area contributed by atoms with E-state index in [4.69, 9.17) is 9.84 Å². The van der Waals surface area contributed by atoms with Gasteiger partial charge < -0.3 is 14.9 Å². The van der Waals surface area contributed by atoms with Crippen LogP contribution >= 0.6 is 15.9 Å². The molecule has 2 heterocycles. The van der Waals surface area contributed by atoms with Crippen LogP contribution in [-0.2, 0) is 30.4 Å². The third-order valence-corrected chi connectivity index (χ3v) is 9.43. The molecule has 1 saturated heterocycles. The van der Waals surface area contributed by atoms with Crippen molar-refractivity contribution in [1.29, 1.82) is 0 Å². The molecule has 2 aliphatic heterocycles. The highest BCUT2D eigenvalue weighted by Gasteiger charge is 2.56. The third kappa shape index (κ3) is 4.67. The summed E-state index contributed by atoms with van der Waals surface area (Å²) in [5.41, 5.74) is 3.07. The quantitative estimate of drug-likeness (QED) is 0.200. The second-order valence-electron chi connectivity index (χ2n) is 11.2. The molecule has 0 aromatic heterocycles. The zero-order chi connectivity index (χ0) is 29.0. The normalized spacial score (nSPS) is 26.9. The average Bonchev–Trinajstić information content (AvgIpc) is 3.19. The van der Waals surface area contributed by atoms with Gasteiger partial charge in [-0.3, -0.25) is 28.9 Å². The highest BCUT2D eigenvalue weighted by molar-refractivity contribution is 9.12. The molecule has 0 saturated carbocycles. The Bertz CT molecular complexity index is 1530. The third-order valence-electron chi connectivity index (χ3n) is 8.84. The molecule has 0 spiro atoms. The summed E-state index contributed by atoms with van der Waals surface area (Å²) in [7, 11) is 0. The lowest BCUT2D eigenvalue weighted by Crippen LogP contribution is -2.41. The van der Waals surface area contributed by atoms with Crippen molar-refractivity contribution in [2.75, 3.05) is 6.54 Å². The summed E-state index contributed by atoms with van der Waals surface area (Å²) in [6, 6.07) is 4.82. The van der Waals surface area contributed by atoms with Gasteiger partial charge in [-0.15, -0.1) is 0 Å². The number of carboxylic acid groups (broad SMARTS) is 1. The molecule has 212 valence electrons. The van der Waals surface area contributed by atoms with Gasteiger partial charge in [0.25, 0.3) is 0 Å². The predicted molar refractivity (Wildman–Crippen MR) is 149 cm³/mol. The predicted octanol–water partition coefficient (Wildman–Crippen LogP) is 4.15. The number of allylic oxidation sites excluding steroid dienone is 7. The number of unbranched alkanes of at least 4 members (excludes halogenated alkanes) is 2. The molecule has 0 radical (unpaired) electrons. The summed E-state index contributed by atoms with van der Waals surface area (Å²) in [5, 5.41) is 18.9. The molecule has 2 N–H and O–H groups in total. The number of rotatable bonds is 7. The molecule has 1 aromatic carbocycles. The number of benzene rings is 1. The number of phenols is 1. The number of aromatic hydroxyl groups is 1. The maximum Gasteiger partial charge on any atom is 0.303 e. The van der Waals surface area contributed by atoms with Gasteiger partial charge in [-0.2, -0.15) is 0 Å². The molecule has 1 fully saturated rings. The summed E-state index contributed by atoms with van der Waals surface area (Å²) >= 11 is 3.24. The number of ketones is 2. The van der Waals surface area contributed by atoms with E-state index in [2.05, 4.69) is 15.9 Å². The van der Waals surface area contributed by atoms with E-state index in [9.17, 15) is 29.1 Å². The van der Waals surface area contributed by atoms with E-state index >= 15 is 0 Å². The van der Waals surface area contributed by atoms with Gasteiger partial charge in [0, 0.05) is 48.1 Å². The molecule has 6 rings (SSSR count). The lowest BCUT2D eigenvalue weighted by atomic mass is 9.59. The van der Waals surface area contributed by atoms with Crippen LogP contribution in [0.3, 0.4) is 0 Å². The Labute approximate surface area is 244 Å². The molecule has 10 heteroatoms. The van der Waals surface area contributed by atoms with Gasteiger partial charge in [0.1, 0.15) is 11.5 Å². The smallest absolute Gasteiger partial charge is 0.303 e. The Morgan fingerprint density at radius 2 is 1.88 bits per heavy atom. The zero-order valence-electron chi connectivity index (χ0n) is 22.1. The monoisotopic (exact) mass is 621 g/mol. The van der Waals surface area contributed by atoms with Gasteiger partial charge in [0.05, 0.1) is 22.6 Å². The Balaban J connectivity index is 1.33. The van der Waals surface area contributed by atoms with E-state index in [-0.39, 0.29) is 53.0 Å². The SMILES string of the molecule is O=C(O)CCCCCN1C(=O)[C@H]2[C@H](CC=C3[C@H](C4=COc5ccc(O)cc5C4)C4=C(C[C@H]32)C(=O)C(Br)=CC4=O)C1=O. The zero-order valence-corrected chi connectivity index (χ0v) is 23.7. The van der Waals surface area contributed by atoms with E-state index in [1.165, 1.54) is 17.0 Å². The Kier molecular flexibility index (Phi) is 7.05. The van der Waals surface area contributed by atoms with E-state index in [0.717, 1.165) is 16.7 Å². The van der Waals surface area contributed by atoms with Gasteiger partial charge in [-0.1, -0.05) is 18.1 Å². The van der Waals surface area contributed by atoms with E-state index in [1.807, 2.05) is 6.08 Å². The lowest BCUT2D eigenvalue weighted by molar-refractivity contribution is -0.141. The van der Waals surface area contributed by atoms with Gasteiger partial charge in [0.15, 0.2) is 11.6 Å². The van der Waals surface area contributed by atoms with Crippen molar-refractivity contribution in [2.45, 2.75) is 44.9 Å². The van der Waals surface area contributed by atoms with Crippen LogP contribution in [0.4, 0.5) is 0 Å². The molecule has 5 aliphatic rings. The molecular formula is C31H28BrNO8. The number of halogens is 1.